The van der Waals surface area contributed by atoms with Crippen molar-refractivity contribution in [3.05, 3.63) is 24.0 Å². The molecule has 1 aromatic heterocycles. The summed E-state index contributed by atoms with van der Waals surface area (Å²) in [6, 6.07) is 4.57. The number of hydrogen-bond acceptors (Lipinski definition) is 2. The zero-order chi connectivity index (χ0) is 5.11. The van der Waals surface area contributed by atoms with Crippen molar-refractivity contribution in [2.24, 2.45) is 0 Å². The van der Waals surface area contributed by atoms with Gasteiger partial charge < -0.3 is 0 Å². The van der Waals surface area contributed by atoms with E-state index in [4.69, 9.17) is 0 Å². The zero-order valence-electron chi connectivity index (χ0n) is 4.63. The number of hydrogen-bond donors (Lipinski definition) is 0. The summed E-state index contributed by atoms with van der Waals surface area (Å²) in [7, 11) is 0. The molecule has 39 valence electrons. The summed E-state index contributed by atoms with van der Waals surface area (Å²) in [5, 5.41) is 7.28. The molecular formula is C5H5N2Y-. The Hall–Kier alpha value is 0.184. The average molecular weight is 182 g/mol. The molecule has 8 heavy (non-hydrogen) atoms. The van der Waals surface area contributed by atoms with E-state index < -0.39 is 0 Å². The van der Waals surface area contributed by atoms with Gasteiger partial charge in [-0.3, -0.25) is 5.10 Å². The average Bonchev–Trinajstić information content (AvgIpc) is 1.69. The molecule has 0 bridgehead atoms. The fourth-order valence-electron chi connectivity index (χ4n) is 0.340. The smallest absolute Gasteiger partial charge is 0 e. The molecule has 0 aromatic carbocycles. The molecule has 1 heterocycles. The molecule has 0 aliphatic carbocycles. The van der Waals surface area contributed by atoms with Gasteiger partial charge in [0.2, 0.25) is 0 Å². The Bertz CT molecular complexity index is 140. The van der Waals surface area contributed by atoms with Gasteiger partial charge in [-0.05, 0) is 6.20 Å². The van der Waals surface area contributed by atoms with Crippen LogP contribution in [-0.4, -0.2) is 10.2 Å². The van der Waals surface area contributed by atoms with Gasteiger partial charge in [0, 0.05) is 32.7 Å². The monoisotopic (exact) mass is 182 g/mol. The van der Waals surface area contributed by atoms with E-state index in [1.54, 1.807) is 6.07 Å². The summed E-state index contributed by atoms with van der Waals surface area (Å²) >= 11 is 0. The van der Waals surface area contributed by atoms with Crippen LogP contribution in [0.5, 0.6) is 0 Å². The zero-order valence-corrected chi connectivity index (χ0v) is 7.46. The third kappa shape index (κ3) is 2.48. The summed E-state index contributed by atoms with van der Waals surface area (Å²) in [5.41, 5.74) is 0.905. The van der Waals surface area contributed by atoms with Gasteiger partial charge in [-0.2, -0.15) is 5.10 Å². The van der Waals surface area contributed by atoms with Crippen molar-refractivity contribution in [1.29, 1.82) is 0 Å². The maximum Gasteiger partial charge on any atom is 0 e. The molecule has 3 heteroatoms. The predicted octanol–water partition coefficient (Wildman–Crippen LogP) is 0.583. The van der Waals surface area contributed by atoms with E-state index in [0.717, 1.165) is 5.69 Å². The molecule has 0 amide bonds. The first-order chi connectivity index (χ1) is 3.39. The summed E-state index contributed by atoms with van der Waals surface area (Å²) in [6.07, 6.45) is 1.53. The van der Waals surface area contributed by atoms with Crippen LogP contribution in [0, 0.1) is 13.0 Å². The van der Waals surface area contributed by atoms with E-state index >= 15 is 0 Å². The molecule has 0 fully saturated rings. The minimum absolute atomic E-state index is 0. The fraction of sp³-hybridized carbons (Fsp3) is 0.200. The predicted molar refractivity (Wildman–Crippen MR) is 25.6 cm³/mol. The Morgan fingerprint density at radius 1 is 1.62 bits per heavy atom. The fourth-order valence-corrected chi connectivity index (χ4v) is 0.340. The van der Waals surface area contributed by atoms with Crippen LogP contribution >= 0.6 is 0 Å². The molecule has 1 aromatic rings. The third-order valence-corrected chi connectivity index (χ3v) is 0.640. The Labute approximate surface area is 73.6 Å². The summed E-state index contributed by atoms with van der Waals surface area (Å²) in [6.45, 7) is 1.88. The van der Waals surface area contributed by atoms with E-state index in [-0.39, 0.29) is 32.7 Å². The van der Waals surface area contributed by atoms with Crippen LogP contribution in [0.15, 0.2) is 12.3 Å². The van der Waals surface area contributed by atoms with Crippen LogP contribution in [-0.2, 0) is 32.7 Å². The molecule has 0 aliphatic heterocycles. The number of nitrogens with zero attached hydrogens (tertiary/aromatic N) is 2. The van der Waals surface area contributed by atoms with Gasteiger partial charge >= 0.3 is 0 Å². The maximum absolute atomic E-state index is 3.70. The number of aryl methyl sites for hydroxylation is 1. The van der Waals surface area contributed by atoms with Crippen molar-refractivity contribution in [2.45, 2.75) is 6.92 Å². The molecule has 0 aliphatic rings. The molecule has 0 saturated carbocycles. The van der Waals surface area contributed by atoms with Gasteiger partial charge in [0.05, 0.1) is 0 Å². The van der Waals surface area contributed by atoms with Gasteiger partial charge in [0.15, 0.2) is 0 Å². The quantitative estimate of drug-likeness (QED) is 0.548. The molecular weight excluding hydrogens is 177 g/mol. The SMILES string of the molecule is Cc1c[c-]cnn1.[Y]. The standard InChI is InChI=1S/C5H5N2.Y/c1-5-3-2-4-6-7-5;/h3-4H,1H3;/q-1;. The summed E-state index contributed by atoms with van der Waals surface area (Å²) in [5.74, 6) is 0. The van der Waals surface area contributed by atoms with E-state index in [9.17, 15) is 0 Å². The third-order valence-electron chi connectivity index (χ3n) is 0.640. The minimum atomic E-state index is 0. The van der Waals surface area contributed by atoms with Crippen LogP contribution in [0.2, 0.25) is 0 Å². The molecule has 2 nitrogen and oxygen atoms in total. The first-order valence-electron chi connectivity index (χ1n) is 2.05. The summed E-state index contributed by atoms with van der Waals surface area (Å²) in [4.78, 5) is 0. The molecule has 0 atom stereocenters. The molecule has 0 saturated heterocycles. The van der Waals surface area contributed by atoms with Crippen molar-refractivity contribution in [1.82, 2.24) is 10.2 Å². The van der Waals surface area contributed by atoms with Gasteiger partial charge in [-0.15, -0.1) is 0 Å². The Balaban J connectivity index is 0.000000490. The van der Waals surface area contributed by atoms with Gasteiger partial charge in [0.25, 0.3) is 0 Å². The summed E-state index contributed by atoms with van der Waals surface area (Å²) < 4.78 is 0. The topological polar surface area (TPSA) is 25.8 Å². The van der Waals surface area contributed by atoms with Gasteiger partial charge in [-0.25, -0.2) is 12.1 Å². The second kappa shape index (κ2) is 4.10. The molecule has 0 N–H and O–H groups in total. The maximum atomic E-state index is 3.70. The first kappa shape index (κ1) is 8.18. The number of aromatic nitrogens is 2. The number of rotatable bonds is 0. The van der Waals surface area contributed by atoms with E-state index in [2.05, 4.69) is 16.3 Å². The Morgan fingerprint density at radius 3 is 2.62 bits per heavy atom. The van der Waals surface area contributed by atoms with Gasteiger partial charge in [0.1, 0.15) is 0 Å². The molecule has 0 spiro atoms. The second-order valence-electron chi connectivity index (χ2n) is 1.30. The molecule has 1 rings (SSSR count). The van der Waals surface area contributed by atoms with E-state index in [0.29, 0.717) is 0 Å². The van der Waals surface area contributed by atoms with Crippen molar-refractivity contribution < 1.29 is 32.7 Å². The molecule has 1 radical (unpaired) electrons. The first-order valence-corrected chi connectivity index (χ1v) is 2.05. The van der Waals surface area contributed by atoms with Crippen molar-refractivity contribution in [3.8, 4) is 0 Å². The Kier molecular flexibility index (Phi) is 4.20. The van der Waals surface area contributed by atoms with Crippen LogP contribution < -0.4 is 0 Å². The van der Waals surface area contributed by atoms with Crippen LogP contribution in [0.1, 0.15) is 5.69 Å². The normalized spacial score (nSPS) is 7.62. The van der Waals surface area contributed by atoms with Crippen LogP contribution in [0.25, 0.3) is 0 Å². The minimum Gasteiger partial charge on any atom is -0.255 e. The van der Waals surface area contributed by atoms with Crippen molar-refractivity contribution >= 4 is 0 Å². The van der Waals surface area contributed by atoms with Crippen molar-refractivity contribution in [3.63, 3.8) is 0 Å². The Morgan fingerprint density at radius 2 is 2.38 bits per heavy atom. The largest absolute Gasteiger partial charge is 0.255 e. The van der Waals surface area contributed by atoms with E-state index in [1.807, 2.05) is 6.92 Å². The van der Waals surface area contributed by atoms with Crippen LogP contribution in [0.3, 0.4) is 0 Å². The second-order valence-corrected chi connectivity index (χ2v) is 1.30. The van der Waals surface area contributed by atoms with Gasteiger partial charge in [-0.1, -0.05) is 12.6 Å². The van der Waals surface area contributed by atoms with E-state index in [1.165, 1.54) is 6.20 Å². The van der Waals surface area contributed by atoms with Crippen molar-refractivity contribution in [2.75, 3.05) is 0 Å². The molecule has 0 unspecified atom stereocenters. The van der Waals surface area contributed by atoms with Crippen LogP contribution in [0.4, 0.5) is 0 Å².